The van der Waals surface area contributed by atoms with Crippen LogP contribution in [0.5, 0.6) is 0 Å². The minimum Gasteiger partial charge on any atom is -0.268 e. The molecule has 122 valence electrons. The third kappa shape index (κ3) is 2.71. The number of thiophene rings is 1. The highest BCUT2D eigenvalue weighted by Crippen LogP contribution is 2.34. The number of fused-ring (bicyclic) bond motifs is 1. The number of imide groups is 1. The van der Waals surface area contributed by atoms with Gasteiger partial charge in [-0.05, 0) is 48.2 Å². The SMILES string of the molecule is Cc1cccc(N2C(=O)/C(=C\c3cccs3)c3ccccc3C2=O)c1. The van der Waals surface area contributed by atoms with E-state index >= 15 is 0 Å². The van der Waals surface area contributed by atoms with Gasteiger partial charge in [-0.25, -0.2) is 4.90 Å². The number of hydrogen-bond donors (Lipinski definition) is 0. The van der Waals surface area contributed by atoms with Gasteiger partial charge in [0, 0.05) is 21.6 Å². The van der Waals surface area contributed by atoms with Gasteiger partial charge >= 0.3 is 0 Å². The zero-order chi connectivity index (χ0) is 17.4. The molecule has 1 aliphatic rings. The second-order valence-corrected chi connectivity index (χ2v) is 6.88. The Hall–Kier alpha value is -2.98. The Morgan fingerprint density at radius 3 is 2.40 bits per heavy atom. The fourth-order valence-corrected chi connectivity index (χ4v) is 3.67. The van der Waals surface area contributed by atoms with Gasteiger partial charge in [0.25, 0.3) is 11.8 Å². The van der Waals surface area contributed by atoms with E-state index in [1.165, 1.54) is 4.90 Å². The van der Waals surface area contributed by atoms with Crippen LogP contribution in [0.4, 0.5) is 5.69 Å². The zero-order valence-electron chi connectivity index (χ0n) is 13.6. The van der Waals surface area contributed by atoms with Gasteiger partial charge in [-0.15, -0.1) is 11.3 Å². The van der Waals surface area contributed by atoms with Crippen molar-refractivity contribution in [3.63, 3.8) is 0 Å². The van der Waals surface area contributed by atoms with Crippen LogP contribution in [-0.4, -0.2) is 11.8 Å². The number of hydrogen-bond acceptors (Lipinski definition) is 3. The summed E-state index contributed by atoms with van der Waals surface area (Å²) in [6.45, 7) is 1.94. The van der Waals surface area contributed by atoms with E-state index < -0.39 is 0 Å². The van der Waals surface area contributed by atoms with Crippen molar-refractivity contribution in [1.29, 1.82) is 0 Å². The molecule has 0 saturated heterocycles. The molecule has 4 heteroatoms. The smallest absolute Gasteiger partial charge is 0.266 e. The van der Waals surface area contributed by atoms with Gasteiger partial charge in [-0.3, -0.25) is 9.59 Å². The number of anilines is 1. The molecule has 0 atom stereocenters. The summed E-state index contributed by atoms with van der Waals surface area (Å²) in [4.78, 5) is 28.4. The van der Waals surface area contributed by atoms with Gasteiger partial charge in [0.2, 0.25) is 0 Å². The predicted octanol–water partition coefficient (Wildman–Crippen LogP) is 4.78. The largest absolute Gasteiger partial charge is 0.268 e. The minimum absolute atomic E-state index is 0.283. The molecule has 0 radical (unpaired) electrons. The summed E-state index contributed by atoms with van der Waals surface area (Å²) >= 11 is 1.56. The number of nitrogens with zero attached hydrogens (tertiary/aromatic N) is 1. The predicted molar refractivity (Wildman–Crippen MR) is 102 cm³/mol. The summed E-state index contributed by atoms with van der Waals surface area (Å²) in [7, 11) is 0. The second kappa shape index (κ2) is 6.15. The van der Waals surface area contributed by atoms with Crippen LogP contribution >= 0.6 is 11.3 Å². The molecular weight excluding hydrogens is 330 g/mol. The fraction of sp³-hybridized carbons (Fsp3) is 0.0476. The number of carbonyl (C=O) groups excluding carboxylic acids is 2. The van der Waals surface area contributed by atoms with Crippen molar-refractivity contribution in [2.75, 3.05) is 4.90 Å². The average molecular weight is 345 g/mol. The van der Waals surface area contributed by atoms with Crippen LogP contribution in [0.15, 0.2) is 66.0 Å². The highest BCUT2D eigenvalue weighted by atomic mass is 32.1. The first-order valence-electron chi connectivity index (χ1n) is 7.95. The van der Waals surface area contributed by atoms with Gasteiger partial charge in [-0.2, -0.15) is 0 Å². The first kappa shape index (κ1) is 15.5. The number of benzene rings is 2. The molecule has 3 nitrogen and oxygen atoms in total. The van der Waals surface area contributed by atoms with E-state index in [1.54, 1.807) is 23.5 Å². The minimum atomic E-state index is -0.289. The van der Waals surface area contributed by atoms with Crippen LogP contribution in [0.25, 0.3) is 11.6 Å². The van der Waals surface area contributed by atoms with E-state index in [2.05, 4.69) is 0 Å². The summed E-state index contributed by atoms with van der Waals surface area (Å²) in [6.07, 6.45) is 1.86. The molecule has 2 aromatic carbocycles. The highest BCUT2D eigenvalue weighted by Gasteiger charge is 2.35. The van der Waals surface area contributed by atoms with Gasteiger partial charge < -0.3 is 0 Å². The summed E-state index contributed by atoms with van der Waals surface area (Å²) in [5.74, 6) is -0.572. The molecule has 0 saturated carbocycles. The van der Waals surface area contributed by atoms with Gasteiger partial charge in [0.1, 0.15) is 0 Å². The second-order valence-electron chi connectivity index (χ2n) is 5.90. The van der Waals surface area contributed by atoms with E-state index in [9.17, 15) is 9.59 Å². The number of carbonyl (C=O) groups is 2. The molecule has 2 amide bonds. The van der Waals surface area contributed by atoms with E-state index in [1.807, 2.05) is 66.9 Å². The molecule has 3 aromatic rings. The molecule has 0 bridgehead atoms. The van der Waals surface area contributed by atoms with E-state index in [0.717, 1.165) is 10.4 Å². The normalized spacial score (nSPS) is 15.6. The lowest BCUT2D eigenvalue weighted by Gasteiger charge is -2.28. The lowest BCUT2D eigenvalue weighted by molar-refractivity contribution is -0.112. The molecule has 0 fully saturated rings. The van der Waals surface area contributed by atoms with Crippen LogP contribution in [0.1, 0.15) is 26.4 Å². The Labute approximate surface area is 149 Å². The van der Waals surface area contributed by atoms with Crippen LogP contribution in [0.2, 0.25) is 0 Å². The molecule has 0 aliphatic carbocycles. The Bertz CT molecular complexity index is 1000. The summed E-state index contributed by atoms with van der Waals surface area (Å²) < 4.78 is 0. The number of amides is 2. The van der Waals surface area contributed by atoms with Crippen molar-refractivity contribution in [2.45, 2.75) is 6.92 Å². The Morgan fingerprint density at radius 1 is 0.880 bits per heavy atom. The molecule has 1 aromatic heterocycles. The third-order valence-corrected chi connectivity index (χ3v) is 4.99. The van der Waals surface area contributed by atoms with Crippen molar-refractivity contribution in [3.05, 3.63) is 87.6 Å². The summed E-state index contributed by atoms with van der Waals surface area (Å²) in [5, 5.41) is 1.97. The fourth-order valence-electron chi connectivity index (χ4n) is 3.01. The monoisotopic (exact) mass is 345 g/mol. The Morgan fingerprint density at radius 2 is 1.68 bits per heavy atom. The van der Waals surface area contributed by atoms with Crippen LogP contribution in [0, 0.1) is 6.92 Å². The van der Waals surface area contributed by atoms with Gasteiger partial charge in [0.05, 0.1) is 5.69 Å². The lowest BCUT2D eigenvalue weighted by Crippen LogP contribution is -2.41. The van der Waals surface area contributed by atoms with Crippen molar-refractivity contribution < 1.29 is 9.59 Å². The van der Waals surface area contributed by atoms with Gasteiger partial charge in [-0.1, -0.05) is 36.4 Å². The molecule has 4 rings (SSSR count). The first-order chi connectivity index (χ1) is 12.1. The van der Waals surface area contributed by atoms with Crippen molar-refractivity contribution in [2.24, 2.45) is 0 Å². The third-order valence-electron chi connectivity index (χ3n) is 4.17. The van der Waals surface area contributed by atoms with Gasteiger partial charge in [0.15, 0.2) is 0 Å². The van der Waals surface area contributed by atoms with Crippen molar-refractivity contribution in [3.8, 4) is 0 Å². The highest BCUT2D eigenvalue weighted by molar-refractivity contribution is 7.11. The van der Waals surface area contributed by atoms with Crippen LogP contribution in [-0.2, 0) is 4.79 Å². The molecule has 0 unspecified atom stereocenters. The molecule has 1 aliphatic heterocycles. The average Bonchev–Trinajstić information content (AvgIpc) is 3.12. The summed E-state index contributed by atoms with van der Waals surface area (Å²) in [5.41, 5.74) is 3.38. The molecule has 25 heavy (non-hydrogen) atoms. The Kier molecular flexibility index (Phi) is 3.82. The van der Waals surface area contributed by atoms with Crippen molar-refractivity contribution >= 4 is 40.5 Å². The van der Waals surface area contributed by atoms with Crippen LogP contribution < -0.4 is 4.90 Å². The number of rotatable bonds is 2. The summed E-state index contributed by atoms with van der Waals surface area (Å²) in [6, 6.07) is 18.6. The van der Waals surface area contributed by atoms with E-state index in [0.29, 0.717) is 22.4 Å². The standard InChI is InChI=1S/C21H15NO2S/c1-14-6-4-7-15(12-14)22-20(23)18-10-3-2-9-17(18)19(21(22)24)13-16-8-5-11-25-16/h2-13H,1H3/b19-13-. The lowest BCUT2D eigenvalue weighted by atomic mass is 9.92. The Balaban J connectivity index is 1.92. The quantitative estimate of drug-likeness (QED) is 0.495. The number of aryl methyl sites for hydroxylation is 1. The maximum Gasteiger partial charge on any atom is 0.266 e. The molecule has 0 spiro atoms. The van der Waals surface area contributed by atoms with E-state index in [4.69, 9.17) is 0 Å². The van der Waals surface area contributed by atoms with Crippen LogP contribution in [0.3, 0.4) is 0 Å². The topological polar surface area (TPSA) is 37.4 Å². The van der Waals surface area contributed by atoms with Crippen molar-refractivity contribution in [1.82, 2.24) is 0 Å². The molecule has 2 heterocycles. The zero-order valence-corrected chi connectivity index (χ0v) is 14.4. The first-order valence-corrected chi connectivity index (χ1v) is 8.83. The maximum absolute atomic E-state index is 13.2. The molecular formula is C21H15NO2S. The van der Waals surface area contributed by atoms with E-state index in [-0.39, 0.29) is 11.8 Å². The molecule has 0 N–H and O–H groups in total. The maximum atomic E-state index is 13.2.